The number of aromatic nitrogens is 1. The van der Waals surface area contributed by atoms with Crippen LogP contribution in [0.2, 0.25) is 0 Å². The molecule has 0 saturated heterocycles. The highest BCUT2D eigenvalue weighted by molar-refractivity contribution is 5.16. The maximum Gasteiger partial charge on any atom is 0.146 e. The molecule has 0 amide bonds. The Bertz CT molecular complexity index is 237. The van der Waals surface area contributed by atoms with E-state index in [1.807, 2.05) is 6.92 Å². The molecule has 1 rings (SSSR count). The average molecular weight is 154 g/mol. The number of hydrogen-bond acceptors (Lipinski definition) is 2. The second-order valence-electron chi connectivity index (χ2n) is 2.41. The van der Waals surface area contributed by atoms with Crippen LogP contribution in [0.15, 0.2) is 18.5 Å². The van der Waals surface area contributed by atoms with Crippen LogP contribution in [0.25, 0.3) is 0 Å². The van der Waals surface area contributed by atoms with Crippen molar-refractivity contribution in [2.24, 2.45) is 5.73 Å². The maximum absolute atomic E-state index is 12.9. The topological polar surface area (TPSA) is 38.9 Å². The lowest BCUT2D eigenvalue weighted by Crippen LogP contribution is -2.10. The van der Waals surface area contributed by atoms with E-state index in [0.29, 0.717) is 5.56 Å². The second kappa shape index (κ2) is 3.44. The van der Waals surface area contributed by atoms with Gasteiger partial charge in [-0.05, 0) is 12.5 Å². The molecule has 0 radical (unpaired) electrons. The Morgan fingerprint density at radius 1 is 1.73 bits per heavy atom. The predicted octanol–water partition coefficient (Wildman–Crippen LogP) is 1.63. The van der Waals surface area contributed by atoms with Crippen LogP contribution in [0.1, 0.15) is 24.9 Å². The number of halogens is 1. The van der Waals surface area contributed by atoms with Crippen molar-refractivity contribution in [1.82, 2.24) is 4.98 Å². The Morgan fingerprint density at radius 3 is 3.00 bits per heavy atom. The number of rotatable bonds is 2. The van der Waals surface area contributed by atoms with Gasteiger partial charge in [0.2, 0.25) is 0 Å². The van der Waals surface area contributed by atoms with Crippen molar-refractivity contribution >= 4 is 0 Å². The quantitative estimate of drug-likeness (QED) is 0.703. The van der Waals surface area contributed by atoms with E-state index in [-0.39, 0.29) is 11.9 Å². The van der Waals surface area contributed by atoms with Gasteiger partial charge < -0.3 is 5.73 Å². The molecule has 1 aromatic rings. The summed E-state index contributed by atoms with van der Waals surface area (Å²) in [5, 5.41) is 0. The Kier molecular flexibility index (Phi) is 2.54. The van der Waals surface area contributed by atoms with Gasteiger partial charge in [-0.25, -0.2) is 4.39 Å². The fourth-order valence-corrected chi connectivity index (χ4v) is 0.907. The molecule has 11 heavy (non-hydrogen) atoms. The molecule has 0 aliphatic rings. The number of nitrogens with two attached hydrogens (primary N) is 1. The van der Waals surface area contributed by atoms with Gasteiger partial charge in [0.05, 0.1) is 6.20 Å². The molecule has 1 aromatic heterocycles. The molecule has 0 bridgehead atoms. The Hall–Kier alpha value is -0.960. The van der Waals surface area contributed by atoms with Gasteiger partial charge >= 0.3 is 0 Å². The zero-order valence-electron chi connectivity index (χ0n) is 6.42. The van der Waals surface area contributed by atoms with Crippen LogP contribution in [0.3, 0.4) is 0 Å². The first kappa shape index (κ1) is 8.14. The molecule has 3 heteroatoms. The minimum atomic E-state index is -0.318. The summed E-state index contributed by atoms with van der Waals surface area (Å²) in [6, 6.07) is 1.40. The van der Waals surface area contributed by atoms with Crippen molar-refractivity contribution in [3.8, 4) is 0 Å². The molecule has 0 saturated carbocycles. The third-order valence-corrected chi connectivity index (χ3v) is 1.64. The standard InChI is InChI=1S/C8H11FN2/c1-2-8(10)6-3-4-11-5-7(6)9/h3-5,8H,2,10H2,1H3/t8-/m1/s1. The zero-order chi connectivity index (χ0) is 8.27. The molecule has 0 aliphatic carbocycles. The summed E-state index contributed by atoms with van der Waals surface area (Å²) in [6.07, 6.45) is 3.47. The summed E-state index contributed by atoms with van der Waals surface area (Å²) >= 11 is 0. The SMILES string of the molecule is CC[C@@H](N)c1ccncc1F. The van der Waals surface area contributed by atoms with Crippen molar-refractivity contribution in [1.29, 1.82) is 0 Å². The van der Waals surface area contributed by atoms with E-state index >= 15 is 0 Å². The Balaban J connectivity index is 2.93. The first-order valence-electron chi connectivity index (χ1n) is 3.60. The number of pyridine rings is 1. The van der Waals surface area contributed by atoms with Gasteiger partial charge in [-0.3, -0.25) is 4.98 Å². The molecule has 0 fully saturated rings. The summed E-state index contributed by atoms with van der Waals surface area (Å²) in [5.41, 5.74) is 6.17. The minimum absolute atomic E-state index is 0.210. The van der Waals surface area contributed by atoms with E-state index in [2.05, 4.69) is 4.98 Å². The minimum Gasteiger partial charge on any atom is -0.324 e. The van der Waals surface area contributed by atoms with E-state index in [0.717, 1.165) is 6.42 Å². The van der Waals surface area contributed by atoms with Crippen LogP contribution in [0.5, 0.6) is 0 Å². The molecule has 0 aromatic carbocycles. The Morgan fingerprint density at radius 2 is 2.45 bits per heavy atom. The van der Waals surface area contributed by atoms with E-state index in [1.165, 1.54) is 6.20 Å². The van der Waals surface area contributed by atoms with Crippen molar-refractivity contribution < 1.29 is 4.39 Å². The Labute approximate surface area is 65.3 Å². The number of hydrogen-bond donors (Lipinski definition) is 1. The molecular formula is C8H11FN2. The fraction of sp³-hybridized carbons (Fsp3) is 0.375. The van der Waals surface area contributed by atoms with Crippen molar-refractivity contribution in [3.05, 3.63) is 29.8 Å². The first-order valence-corrected chi connectivity index (χ1v) is 3.60. The van der Waals surface area contributed by atoms with Crippen molar-refractivity contribution in [2.45, 2.75) is 19.4 Å². The normalized spacial score (nSPS) is 13.0. The molecule has 1 atom stereocenters. The average Bonchev–Trinajstić information content (AvgIpc) is 2.04. The largest absolute Gasteiger partial charge is 0.324 e. The van der Waals surface area contributed by atoms with Crippen molar-refractivity contribution in [2.75, 3.05) is 0 Å². The van der Waals surface area contributed by atoms with Crippen LogP contribution < -0.4 is 5.73 Å². The van der Waals surface area contributed by atoms with Gasteiger partial charge in [0.25, 0.3) is 0 Å². The van der Waals surface area contributed by atoms with Gasteiger partial charge in [0, 0.05) is 17.8 Å². The highest BCUT2D eigenvalue weighted by Gasteiger charge is 2.07. The molecule has 60 valence electrons. The van der Waals surface area contributed by atoms with Crippen LogP contribution in [-0.4, -0.2) is 4.98 Å². The van der Waals surface area contributed by atoms with E-state index in [9.17, 15) is 4.39 Å². The third-order valence-electron chi connectivity index (χ3n) is 1.64. The lowest BCUT2D eigenvalue weighted by Gasteiger charge is -2.08. The molecule has 1 heterocycles. The van der Waals surface area contributed by atoms with Crippen LogP contribution >= 0.6 is 0 Å². The molecular weight excluding hydrogens is 143 g/mol. The van der Waals surface area contributed by atoms with E-state index < -0.39 is 0 Å². The van der Waals surface area contributed by atoms with E-state index in [1.54, 1.807) is 12.3 Å². The van der Waals surface area contributed by atoms with Gasteiger partial charge in [0.1, 0.15) is 5.82 Å². The molecule has 2 N–H and O–H groups in total. The molecule has 0 spiro atoms. The van der Waals surface area contributed by atoms with Gasteiger partial charge in [-0.2, -0.15) is 0 Å². The number of nitrogens with zero attached hydrogens (tertiary/aromatic N) is 1. The van der Waals surface area contributed by atoms with Gasteiger partial charge in [-0.1, -0.05) is 6.92 Å². The van der Waals surface area contributed by atoms with E-state index in [4.69, 9.17) is 5.73 Å². The predicted molar refractivity (Wildman–Crippen MR) is 41.4 cm³/mol. The highest BCUT2D eigenvalue weighted by atomic mass is 19.1. The van der Waals surface area contributed by atoms with Crippen molar-refractivity contribution in [3.63, 3.8) is 0 Å². The highest BCUT2D eigenvalue weighted by Crippen LogP contribution is 2.15. The summed E-state index contributed by atoms with van der Waals surface area (Å²) in [5.74, 6) is -0.318. The van der Waals surface area contributed by atoms with Crippen LogP contribution in [-0.2, 0) is 0 Å². The first-order chi connectivity index (χ1) is 5.25. The third kappa shape index (κ3) is 1.74. The summed E-state index contributed by atoms with van der Waals surface area (Å²) in [6.45, 7) is 1.92. The van der Waals surface area contributed by atoms with Gasteiger partial charge in [-0.15, -0.1) is 0 Å². The molecule has 2 nitrogen and oxygen atoms in total. The molecule has 0 aliphatic heterocycles. The molecule has 0 unspecified atom stereocenters. The smallest absolute Gasteiger partial charge is 0.146 e. The van der Waals surface area contributed by atoms with Gasteiger partial charge in [0.15, 0.2) is 0 Å². The summed E-state index contributed by atoms with van der Waals surface area (Å²) in [4.78, 5) is 3.63. The lowest BCUT2D eigenvalue weighted by molar-refractivity contribution is 0.570. The maximum atomic E-state index is 12.9. The summed E-state index contributed by atoms with van der Waals surface area (Å²) in [7, 11) is 0. The zero-order valence-corrected chi connectivity index (χ0v) is 6.42. The van der Waals surface area contributed by atoms with Crippen LogP contribution in [0, 0.1) is 5.82 Å². The lowest BCUT2D eigenvalue weighted by atomic mass is 10.1. The monoisotopic (exact) mass is 154 g/mol. The summed E-state index contributed by atoms with van der Waals surface area (Å²) < 4.78 is 12.9. The van der Waals surface area contributed by atoms with Crippen LogP contribution in [0.4, 0.5) is 4.39 Å². The second-order valence-corrected chi connectivity index (χ2v) is 2.41. The fourth-order valence-electron chi connectivity index (χ4n) is 0.907.